The second-order valence-corrected chi connectivity index (χ2v) is 5.22. The minimum atomic E-state index is -0.670. The molecule has 0 heterocycles. The number of imide groups is 1. The van der Waals surface area contributed by atoms with Crippen LogP contribution in [-0.2, 0) is 9.59 Å². The fraction of sp³-hybridized carbons (Fsp3) is 0.312. The molecule has 0 saturated heterocycles. The molecule has 6 heteroatoms. The first-order chi connectivity index (χ1) is 10.4. The van der Waals surface area contributed by atoms with Gasteiger partial charge in [0.25, 0.3) is 5.91 Å². The molecule has 116 valence electrons. The number of hydrogen-bond donors (Lipinski definition) is 2. The van der Waals surface area contributed by atoms with Crippen molar-refractivity contribution in [3.63, 3.8) is 0 Å². The van der Waals surface area contributed by atoms with Gasteiger partial charge in [-0.1, -0.05) is 13.8 Å². The van der Waals surface area contributed by atoms with Crippen LogP contribution in [0.3, 0.4) is 0 Å². The Morgan fingerprint density at radius 3 is 2.41 bits per heavy atom. The molecule has 0 radical (unpaired) electrons. The van der Waals surface area contributed by atoms with Crippen LogP contribution < -0.4 is 16.0 Å². The Morgan fingerprint density at radius 2 is 1.95 bits per heavy atom. The summed E-state index contributed by atoms with van der Waals surface area (Å²) in [6, 6.07) is 8.12. The molecule has 0 aliphatic heterocycles. The molecule has 0 bridgehead atoms. The van der Waals surface area contributed by atoms with Gasteiger partial charge in [-0.3, -0.25) is 9.59 Å². The smallest absolute Gasteiger partial charge is 0.277 e. The molecule has 0 unspecified atom stereocenters. The number of carbonyl (C=O) groups is 2. The van der Waals surface area contributed by atoms with E-state index in [1.807, 2.05) is 19.9 Å². The molecule has 3 N–H and O–H groups in total. The van der Waals surface area contributed by atoms with Crippen LogP contribution in [-0.4, -0.2) is 18.4 Å². The van der Waals surface area contributed by atoms with Crippen LogP contribution in [0, 0.1) is 17.2 Å². The number of nitrogens with two attached hydrogens (primary N) is 1. The average Bonchev–Trinajstić information content (AvgIpc) is 2.45. The van der Waals surface area contributed by atoms with Crippen LogP contribution in [0.4, 0.5) is 11.4 Å². The van der Waals surface area contributed by atoms with E-state index in [4.69, 9.17) is 11.0 Å². The van der Waals surface area contributed by atoms with Crippen molar-refractivity contribution >= 4 is 23.2 Å². The van der Waals surface area contributed by atoms with E-state index in [9.17, 15) is 9.59 Å². The van der Waals surface area contributed by atoms with Crippen molar-refractivity contribution in [2.75, 3.05) is 17.2 Å². The van der Waals surface area contributed by atoms with E-state index < -0.39 is 11.8 Å². The van der Waals surface area contributed by atoms with E-state index in [1.54, 1.807) is 24.3 Å². The lowest BCUT2D eigenvalue weighted by molar-refractivity contribution is -0.123. The zero-order chi connectivity index (χ0) is 16.7. The van der Waals surface area contributed by atoms with Crippen molar-refractivity contribution in [2.45, 2.75) is 20.8 Å². The zero-order valence-electron chi connectivity index (χ0n) is 13.0. The Kier molecular flexibility index (Phi) is 6.14. The monoisotopic (exact) mass is 300 g/mol. The zero-order valence-corrected chi connectivity index (χ0v) is 13.0. The number of nitrogens with zero attached hydrogens (tertiary/aromatic N) is 2. The quantitative estimate of drug-likeness (QED) is 0.491. The third kappa shape index (κ3) is 4.63. The van der Waals surface area contributed by atoms with Gasteiger partial charge in [0, 0.05) is 25.4 Å². The highest BCUT2D eigenvalue weighted by Gasteiger charge is 2.23. The van der Waals surface area contributed by atoms with Gasteiger partial charge in [-0.2, -0.15) is 5.26 Å². The number of nitrogens with one attached hydrogen (secondary N) is 1. The van der Waals surface area contributed by atoms with Crippen molar-refractivity contribution in [1.82, 2.24) is 5.32 Å². The summed E-state index contributed by atoms with van der Waals surface area (Å²) in [5.74, 6) is -0.775. The van der Waals surface area contributed by atoms with E-state index in [-0.39, 0.29) is 5.57 Å². The van der Waals surface area contributed by atoms with Crippen molar-refractivity contribution < 1.29 is 9.59 Å². The molecule has 0 atom stereocenters. The highest BCUT2D eigenvalue weighted by Crippen LogP contribution is 2.18. The van der Waals surface area contributed by atoms with E-state index in [2.05, 4.69) is 5.32 Å². The Morgan fingerprint density at radius 1 is 1.36 bits per heavy atom. The van der Waals surface area contributed by atoms with Gasteiger partial charge in [0.2, 0.25) is 5.91 Å². The predicted molar refractivity (Wildman–Crippen MR) is 85.6 cm³/mol. The maximum atomic E-state index is 12.4. The van der Waals surface area contributed by atoms with Crippen LogP contribution >= 0.6 is 0 Å². The van der Waals surface area contributed by atoms with Gasteiger partial charge in [-0.25, -0.2) is 4.90 Å². The van der Waals surface area contributed by atoms with Crippen molar-refractivity contribution in [3.8, 4) is 6.07 Å². The first kappa shape index (κ1) is 17.2. The third-order valence-electron chi connectivity index (χ3n) is 2.79. The van der Waals surface area contributed by atoms with E-state index in [1.165, 1.54) is 13.1 Å². The first-order valence-electron chi connectivity index (χ1n) is 6.91. The Hall–Kier alpha value is -2.81. The summed E-state index contributed by atoms with van der Waals surface area (Å²) in [5.41, 5.74) is 6.36. The number of rotatable bonds is 5. The normalized spacial score (nSPS) is 11.0. The van der Waals surface area contributed by atoms with Crippen molar-refractivity contribution in [3.05, 3.63) is 36.0 Å². The van der Waals surface area contributed by atoms with Gasteiger partial charge in [0.05, 0.1) is 5.69 Å². The number of anilines is 2. The maximum Gasteiger partial charge on any atom is 0.277 e. The standard InChI is InChI=1S/C16H20N4O2/c1-11(2)9-19-10-13(8-17)16(22)20(12(3)21)15-6-4-14(18)5-7-15/h4-7,10-11,19H,9,18H2,1-3H3/b13-10-. The highest BCUT2D eigenvalue weighted by molar-refractivity contribution is 6.21. The lowest BCUT2D eigenvalue weighted by atomic mass is 10.2. The van der Waals surface area contributed by atoms with Crippen LogP contribution in [0.15, 0.2) is 36.0 Å². The van der Waals surface area contributed by atoms with Crippen LogP contribution in [0.1, 0.15) is 20.8 Å². The molecule has 22 heavy (non-hydrogen) atoms. The molecule has 0 spiro atoms. The van der Waals surface area contributed by atoms with E-state index in [0.29, 0.717) is 23.8 Å². The topological polar surface area (TPSA) is 99.2 Å². The minimum Gasteiger partial charge on any atom is -0.399 e. The first-order valence-corrected chi connectivity index (χ1v) is 6.91. The summed E-state index contributed by atoms with van der Waals surface area (Å²) in [6.45, 7) is 5.90. The van der Waals surface area contributed by atoms with Gasteiger partial charge in [-0.05, 0) is 30.2 Å². The molecule has 1 aromatic rings. The second kappa shape index (κ2) is 7.84. The second-order valence-electron chi connectivity index (χ2n) is 5.22. The SMILES string of the molecule is CC(=O)N(C(=O)/C(C#N)=C\NCC(C)C)c1ccc(N)cc1. The molecule has 1 aromatic carbocycles. The van der Waals surface area contributed by atoms with Crippen LogP contribution in [0.5, 0.6) is 0 Å². The molecule has 1 rings (SSSR count). The number of carbonyl (C=O) groups excluding carboxylic acids is 2. The summed E-state index contributed by atoms with van der Waals surface area (Å²) in [5, 5.41) is 12.1. The number of hydrogen-bond acceptors (Lipinski definition) is 5. The Balaban J connectivity index is 3.04. The van der Waals surface area contributed by atoms with Gasteiger partial charge in [0.1, 0.15) is 11.6 Å². The number of benzene rings is 1. The number of amides is 2. The average molecular weight is 300 g/mol. The predicted octanol–water partition coefficient (Wildman–Crippen LogP) is 1.80. The molecular formula is C16H20N4O2. The summed E-state index contributed by atoms with van der Waals surface area (Å²) in [6.07, 6.45) is 1.34. The molecule has 0 aliphatic carbocycles. The molecule has 0 fully saturated rings. The molecular weight excluding hydrogens is 280 g/mol. The molecule has 0 aromatic heterocycles. The fourth-order valence-corrected chi connectivity index (χ4v) is 1.72. The minimum absolute atomic E-state index is 0.132. The lowest BCUT2D eigenvalue weighted by Crippen LogP contribution is -2.36. The van der Waals surface area contributed by atoms with Gasteiger partial charge in [-0.15, -0.1) is 0 Å². The van der Waals surface area contributed by atoms with Gasteiger partial charge >= 0.3 is 0 Å². The Bertz CT molecular complexity index is 612. The summed E-state index contributed by atoms with van der Waals surface area (Å²) < 4.78 is 0. The van der Waals surface area contributed by atoms with Gasteiger partial charge in [0.15, 0.2) is 0 Å². The Labute approximate surface area is 130 Å². The lowest BCUT2D eigenvalue weighted by Gasteiger charge is -2.19. The number of nitriles is 1. The highest BCUT2D eigenvalue weighted by atomic mass is 16.2. The van der Waals surface area contributed by atoms with Crippen molar-refractivity contribution in [1.29, 1.82) is 5.26 Å². The van der Waals surface area contributed by atoms with Crippen LogP contribution in [0.2, 0.25) is 0 Å². The fourth-order valence-electron chi connectivity index (χ4n) is 1.72. The third-order valence-corrected chi connectivity index (χ3v) is 2.79. The summed E-state index contributed by atoms with van der Waals surface area (Å²) in [4.78, 5) is 25.2. The van der Waals surface area contributed by atoms with Gasteiger partial charge < -0.3 is 11.1 Å². The van der Waals surface area contributed by atoms with E-state index >= 15 is 0 Å². The van der Waals surface area contributed by atoms with Crippen molar-refractivity contribution in [2.24, 2.45) is 5.92 Å². The molecule has 2 amide bonds. The largest absolute Gasteiger partial charge is 0.399 e. The number of nitrogen functional groups attached to an aromatic ring is 1. The molecule has 6 nitrogen and oxygen atoms in total. The molecule has 0 saturated carbocycles. The van der Waals surface area contributed by atoms with E-state index in [0.717, 1.165) is 4.90 Å². The molecule has 0 aliphatic rings. The van der Waals surface area contributed by atoms with Crippen LogP contribution in [0.25, 0.3) is 0 Å². The summed E-state index contributed by atoms with van der Waals surface area (Å²) >= 11 is 0. The maximum absolute atomic E-state index is 12.4. The summed E-state index contributed by atoms with van der Waals surface area (Å²) in [7, 11) is 0.